The van der Waals surface area contributed by atoms with Gasteiger partial charge in [0.25, 0.3) is 5.91 Å². The van der Waals surface area contributed by atoms with Crippen molar-refractivity contribution in [2.45, 2.75) is 19.1 Å². The fourth-order valence-corrected chi connectivity index (χ4v) is 4.36. The van der Waals surface area contributed by atoms with E-state index in [-0.39, 0.29) is 11.8 Å². The first-order chi connectivity index (χ1) is 14.5. The molecule has 2 aliphatic rings. The third-order valence-corrected chi connectivity index (χ3v) is 5.85. The number of aryl methyl sites for hydroxylation is 1. The summed E-state index contributed by atoms with van der Waals surface area (Å²) in [5, 5.41) is 2.29. The molecular weight excluding hydrogens is 400 g/mol. The second kappa shape index (κ2) is 7.27. The number of para-hydroxylation sites is 1. The number of fused-ring (bicyclic) bond motifs is 1. The van der Waals surface area contributed by atoms with Crippen LogP contribution in [0.5, 0.6) is 0 Å². The maximum Gasteiger partial charge on any atom is 0.266 e. The third-order valence-electron chi connectivity index (χ3n) is 5.60. The molecule has 2 fully saturated rings. The van der Waals surface area contributed by atoms with Crippen LogP contribution in [0.2, 0.25) is 5.02 Å². The standard InChI is InChI=1S/C24H19ClN2O3/c1-15-6-5-9-19(14-15)26-23(28)20-21(16-10-12-17(25)13-11-16)27(30-22(20)24(26)29)18-7-3-2-4-8-18/h2-14,20-22H,1H3/t20-,21-,22+/m0/s1. The first-order valence-corrected chi connectivity index (χ1v) is 10.1. The highest BCUT2D eigenvalue weighted by Crippen LogP contribution is 2.47. The molecule has 3 aromatic carbocycles. The van der Waals surface area contributed by atoms with E-state index < -0.39 is 18.1 Å². The van der Waals surface area contributed by atoms with Crippen molar-refractivity contribution in [3.8, 4) is 0 Å². The minimum absolute atomic E-state index is 0.256. The molecule has 0 aliphatic carbocycles. The monoisotopic (exact) mass is 418 g/mol. The van der Waals surface area contributed by atoms with E-state index >= 15 is 0 Å². The molecule has 0 bridgehead atoms. The topological polar surface area (TPSA) is 49.9 Å². The van der Waals surface area contributed by atoms with Crippen LogP contribution in [-0.4, -0.2) is 17.9 Å². The van der Waals surface area contributed by atoms with Crippen molar-refractivity contribution in [3.63, 3.8) is 0 Å². The maximum absolute atomic E-state index is 13.5. The van der Waals surface area contributed by atoms with Crippen LogP contribution in [0, 0.1) is 12.8 Å². The van der Waals surface area contributed by atoms with Gasteiger partial charge in [0.15, 0.2) is 6.10 Å². The van der Waals surface area contributed by atoms with Gasteiger partial charge in [-0.2, -0.15) is 0 Å². The smallest absolute Gasteiger partial charge is 0.266 e. The molecule has 0 N–H and O–H groups in total. The van der Waals surface area contributed by atoms with Crippen LogP contribution in [0.25, 0.3) is 0 Å². The van der Waals surface area contributed by atoms with Gasteiger partial charge in [0.05, 0.1) is 17.4 Å². The number of imide groups is 1. The third kappa shape index (κ3) is 2.98. The molecule has 30 heavy (non-hydrogen) atoms. The van der Waals surface area contributed by atoms with E-state index in [0.29, 0.717) is 10.7 Å². The lowest BCUT2D eigenvalue weighted by Crippen LogP contribution is -2.37. The van der Waals surface area contributed by atoms with Gasteiger partial charge in [-0.1, -0.05) is 54.1 Å². The fourth-order valence-electron chi connectivity index (χ4n) is 4.23. The molecule has 5 nitrogen and oxygen atoms in total. The summed E-state index contributed by atoms with van der Waals surface area (Å²) in [5.41, 5.74) is 3.20. The second-order valence-corrected chi connectivity index (χ2v) is 8.00. The Balaban J connectivity index is 1.59. The number of halogens is 1. The van der Waals surface area contributed by atoms with E-state index in [9.17, 15) is 9.59 Å². The van der Waals surface area contributed by atoms with Crippen LogP contribution < -0.4 is 9.96 Å². The first-order valence-electron chi connectivity index (χ1n) is 9.75. The summed E-state index contributed by atoms with van der Waals surface area (Å²) in [6.07, 6.45) is -0.876. The van der Waals surface area contributed by atoms with E-state index in [2.05, 4.69) is 0 Å². The highest BCUT2D eigenvalue weighted by Gasteiger charge is 2.60. The SMILES string of the molecule is Cc1cccc(N2C(=O)[C@@H]3[C@@H](ON(c4ccccc4)[C@H]3c3ccc(Cl)cc3)C2=O)c1. The van der Waals surface area contributed by atoms with Crippen LogP contribution in [0.1, 0.15) is 17.2 Å². The Hall–Kier alpha value is -3.15. The molecular formula is C24H19ClN2O3. The summed E-state index contributed by atoms with van der Waals surface area (Å²) >= 11 is 6.08. The molecule has 0 unspecified atom stereocenters. The average molecular weight is 419 g/mol. The highest BCUT2D eigenvalue weighted by atomic mass is 35.5. The molecule has 3 atom stereocenters. The van der Waals surface area contributed by atoms with Gasteiger partial charge in [-0.15, -0.1) is 0 Å². The largest absolute Gasteiger partial charge is 0.273 e. The number of anilines is 2. The number of amides is 2. The van der Waals surface area contributed by atoms with E-state index in [4.69, 9.17) is 16.4 Å². The molecule has 0 saturated carbocycles. The van der Waals surface area contributed by atoms with Crippen molar-refractivity contribution in [3.05, 3.63) is 95.0 Å². The highest BCUT2D eigenvalue weighted by molar-refractivity contribution is 6.30. The zero-order valence-electron chi connectivity index (χ0n) is 16.2. The van der Waals surface area contributed by atoms with Crippen molar-refractivity contribution in [2.75, 3.05) is 9.96 Å². The first kappa shape index (κ1) is 18.9. The summed E-state index contributed by atoms with van der Waals surface area (Å²) in [5.74, 6) is -1.25. The Morgan fingerprint density at radius 1 is 0.833 bits per heavy atom. The molecule has 150 valence electrons. The Morgan fingerprint density at radius 2 is 1.53 bits per heavy atom. The lowest BCUT2D eigenvalue weighted by Gasteiger charge is -2.28. The number of carbonyl (C=O) groups is 2. The van der Waals surface area contributed by atoms with Crippen molar-refractivity contribution in [2.24, 2.45) is 5.92 Å². The lowest BCUT2D eigenvalue weighted by molar-refractivity contribution is -0.126. The molecule has 0 radical (unpaired) electrons. The van der Waals surface area contributed by atoms with Gasteiger partial charge in [0.1, 0.15) is 5.92 Å². The Bertz CT molecular complexity index is 1120. The summed E-state index contributed by atoms with van der Waals surface area (Å²) in [6, 6.07) is 23.8. The van der Waals surface area contributed by atoms with Crippen molar-refractivity contribution in [1.82, 2.24) is 0 Å². The molecule has 3 aromatic rings. The molecule has 0 aromatic heterocycles. The quantitative estimate of drug-likeness (QED) is 0.578. The average Bonchev–Trinajstić information content (AvgIpc) is 3.26. The van der Waals surface area contributed by atoms with E-state index in [1.165, 1.54) is 4.90 Å². The summed E-state index contributed by atoms with van der Waals surface area (Å²) in [7, 11) is 0. The van der Waals surface area contributed by atoms with Crippen LogP contribution in [0.15, 0.2) is 78.9 Å². The summed E-state index contributed by atoms with van der Waals surface area (Å²) in [6.45, 7) is 1.93. The molecule has 2 aliphatic heterocycles. The number of hydrogen-bond donors (Lipinski definition) is 0. The van der Waals surface area contributed by atoms with Gasteiger partial charge in [-0.25, -0.2) is 9.96 Å². The predicted octanol–water partition coefficient (Wildman–Crippen LogP) is 4.70. The van der Waals surface area contributed by atoms with E-state index in [0.717, 1.165) is 16.8 Å². The van der Waals surface area contributed by atoms with Crippen LogP contribution >= 0.6 is 11.6 Å². The van der Waals surface area contributed by atoms with Gasteiger partial charge in [0, 0.05) is 5.02 Å². The van der Waals surface area contributed by atoms with E-state index in [1.54, 1.807) is 23.3 Å². The second-order valence-electron chi connectivity index (χ2n) is 7.56. The minimum Gasteiger partial charge on any atom is -0.273 e. The summed E-state index contributed by atoms with van der Waals surface area (Å²) < 4.78 is 0. The van der Waals surface area contributed by atoms with Crippen molar-refractivity contribution >= 4 is 34.8 Å². The van der Waals surface area contributed by atoms with E-state index in [1.807, 2.05) is 67.6 Å². The zero-order chi connectivity index (χ0) is 20.8. The predicted molar refractivity (Wildman–Crippen MR) is 115 cm³/mol. The Morgan fingerprint density at radius 3 is 2.23 bits per heavy atom. The molecule has 2 heterocycles. The van der Waals surface area contributed by atoms with Crippen LogP contribution in [0.4, 0.5) is 11.4 Å². The Kier molecular flexibility index (Phi) is 4.57. The fraction of sp³-hybridized carbons (Fsp3) is 0.167. The van der Waals surface area contributed by atoms with Crippen LogP contribution in [0.3, 0.4) is 0 Å². The zero-order valence-corrected chi connectivity index (χ0v) is 17.0. The number of benzene rings is 3. The maximum atomic E-state index is 13.5. The van der Waals surface area contributed by atoms with Crippen molar-refractivity contribution in [1.29, 1.82) is 0 Å². The molecule has 2 saturated heterocycles. The van der Waals surface area contributed by atoms with Gasteiger partial charge >= 0.3 is 0 Å². The van der Waals surface area contributed by atoms with Crippen LogP contribution in [-0.2, 0) is 14.4 Å². The number of carbonyl (C=O) groups excluding carboxylic acids is 2. The Labute approximate surface area is 179 Å². The minimum atomic E-state index is -0.876. The van der Waals surface area contributed by atoms with Gasteiger partial charge < -0.3 is 0 Å². The number of nitrogens with zero attached hydrogens (tertiary/aromatic N) is 2. The number of rotatable bonds is 3. The number of hydrogen-bond acceptors (Lipinski definition) is 4. The summed E-state index contributed by atoms with van der Waals surface area (Å²) in [4.78, 5) is 34.1. The lowest BCUT2D eigenvalue weighted by atomic mass is 9.90. The molecule has 2 amide bonds. The van der Waals surface area contributed by atoms with Gasteiger partial charge in [0.2, 0.25) is 5.91 Å². The molecule has 0 spiro atoms. The van der Waals surface area contributed by atoms with Crippen molar-refractivity contribution < 1.29 is 14.4 Å². The molecule has 5 rings (SSSR count). The van der Waals surface area contributed by atoms with Gasteiger partial charge in [-0.05, 0) is 54.4 Å². The molecule has 6 heteroatoms. The normalized spacial score (nSPS) is 23.2. The number of hydroxylamine groups is 1. The van der Waals surface area contributed by atoms with Gasteiger partial charge in [-0.3, -0.25) is 14.4 Å².